The van der Waals surface area contributed by atoms with Crippen LogP contribution in [0.15, 0.2) is 54.6 Å². The molecule has 3 amide bonds. The first-order chi connectivity index (χ1) is 17.7. The van der Waals surface area contributed by atoms with E-state index in [1.807, 2.05) is 6.07 Å². The summed E-state index contributed by atoms with van der Waals surface area (Å²) in [4.78, 5) is 52.5. The van der Waals surface area contributed by atoms with Crippen molar-refractivity contribution in [3.63, 3.8) is 0 Å². The second-order valence-electron chi connectivity index (χ2n) is 9.00. The number of hydrogen-bond donors (Lipinski definition) is 6. The molecule has 0 aromatic heterocycles. The van der Waals surface area contributed by atoms with Gasteiger partial charge in [-0.05, 0) is 36.1 Å². The number of carbonyl (C=O) groups is 4. The van der Waals surface area contributed by atoms with Crippen molar-refractivity contribution < 1.29 is 29.4 Å². The summed E-state index contributed by atoms with van der Waals surface area (Å²) in [6.07, 6.45) is 1.13. The highest BCUT2D eigenvalue weighted by atomic mass is 32.1. The largest absolute Gasteiger partial charge is 0.508 e. The number of phenolic OH excluding ortho intramolecular Hbond substituents is 1. The van der Waals surface area contributed by atoms with Gasteiger partial charge in [-0.1, -0.05) is 42.5 Å². The van der Waals surface area contributed by atoms with Crippen LogP contribution in [-0.4, -0.2) is 75.3 Å². The van der Waals surface area contributed by atoms with Crippen LogP contribution in [0.25, 0.3) is 0 Å². The highest BCUT2D eigenvalue weighted by Gasteiger charge is 2.39. The molecule has 198 valence electrons. The minimum atomic E-state index is -1.17. The van der Waals surface area contributed by atoms with E-state index in [1.54, 1.807) is 36.4 Å². The Morgan fingerprint density at radius 3 is 2.22 bits per heavy atom. The monoisotopic (exact) mass is 528 g/mol. The number of rotatable bonds is 11. The molecular formula is C26H32N4O6S. The van der Waals surface area contributed by atoms with Crippen LogP contribution in [0, 0.1) is 0 Å². The van der Waals surface area contributed by atoms with E-state index in [-0.39, 0.29) is 30.9 Å². The van der Waals surface area contributed by atoms with Gasteiger partial charge in [0.1, 0.15) is 23.9 Å². The predicted octanol–water partition coefficient (Wildman–Crippen LogP) is 0.480. The number of nitrogens with zero attached hydrogens (tertiary/aromatic N) is 1. The number of carboxylic acids is 1. The molecule has 2 aromatic carbocycles. The summed E-state index contributed by atoms with van der Waals surface area (Å²) < 4.78 is 0. The Labute approximate surface area is 220 Å². The maximum Gasteiger partial charge on any atom is 0.326 e. The fraction of sp³-hybridized carbons (Fsp3) is 0.385. The molecule has 0 saturated carbocycles. The molecule has 0 spiro atoms. The number of aromatic hydroxyl groups is 1. The second kappa shape index (κ2) is 13.1. The first-order valence-electron chi connectivity index (χ1n) is 12.0. The molecule has 1 heterocycles. The Balaban J connectivity index is 1.76. The van der Waals surface area contributed by atoms with Crippen LogP contribution in [-0.2, 0) is 32.0 Å². The number of likely N-dealkylation sites (tertiary alicyclic amines) is 1. The number of hydrogen-bond acceptors (Lipinski definition) is 7. The van der Waals surface area contributed by atoms with Crippen molar-refractivity contribution in [1.29, 1.82) is 0 Å². The van der Waals surface area contributed by atoms with Crippen molar-refractivity contribution in [3.8, 4) is 5.75 Å². The van der Waals surface area contributed by atoms with Gasteiger partial charge in [0.2, 0.25) is 17.7 Å². The highest BCUT2D eigenvalue weighted by molar-refractivity contribution is 7.80. The number of aliphatic carboxylic acids is 1. The Morgan fingerprint density at radius 1 is 0.973 bits per heavy atom. The van der Waals surface area contributed by atoms with Crippen LogP contribution >= 0.6 is 12.6 Å². The molecule has 2 aromatic rings. The molecule has 3 rings (SSSR count). The van der Waals surface area contributed by atoms with Crippen LogP contribution in [0.5, 0.6) is 5.75 Å². The van der Waals surface area contributed by atoms with Crippen LogP contribution in [0.1, 0.15) is 24.0 Å². The maximum absolute atomic E-state index is 13.6. The third-order valence-electron chi connectivity index (χ3n) is 6.26. The Hall–Kier alpha value is -3.57. The topological polar surface area (TPSA) is 162 Å². The van der Waals surface area contributed by atoms with E-state index >= 15 is 0 Å². The first kappa shape index (κ1) is 28.0. The smallest absolute Gasteiger partial charge is 0.326 e. The standard InChI is InChI=1S/C26H32N4O6S/c27-19(15-37)23(32)28-20(13-17-8-10-18(31)11-9-17)25(34)30-12-4-7-22(30)24(33)29-21(26(35)36)14-16-5-2-1-3-6-16/h1-3,5-6,8-11,19-22,31,37H,4,7,12-15,27H2,(H,28,32)(H,29,33)(H,35,36). The Kier molecular flexibility index (Phi) is 9.93. The summed E-state index contributed by atoms with van der Waals surface area (Å²) in [5.41, 5.74) is 7.23. The van der Waals surface area contributed by atoms with Crippen LogP contribution in [0.3, 0.4) is 0 Å². The zero-order chi connectivity index (χ0) is 26.9. The number of nitrogens with one attached hydrogen (secondary N) is 2. The zero-order valence-corrected chi connectivity index (χ0v) is 21.1. The van der Waals surface area contributed by atoms with Gasteiger partial charge in [0, 0.05) is 25.1 Å². The molecule has 1 fully saturated rings. The number of carboxylic acid groups (broad SMARTS) is 1. The summed E-state index contributed by atoms with van der Waals surface area (Å²) in [7, 11) is 0. The normalized spacial score (nSPS) is 17.5. The molecule has 1 aliphatic heterocycles. The molecule has 1 saturated heterocycles. The molecule has 4 atom stereocenters. The number of nitrogens with two attached hydrogens (primary N) is 1. The average Bonchev–Trinajstić information content (AvgIpc) is 3.39. The number of amides is 3. The van der Waals surface area contributed by atoms with E-state index in [1.165, 1.54) is 17.0 Å². The predicted molar refractivity (Wildman–Crippen MR) is 140 cm³/mol. The summed E-state index contributed by atoms with van der Waals surface area (Å²) in [6, 6.07) is 11.2. The van der Waals surface area contributed by atoms with Gasteiger partial charge < -0.3 is 31.5 Å². The van der Waals surface area contributed by atoms with Gasteiger partial charge >= 0.3 is 5.97 Å². The molecule has 0 aliphatic carbocycles. The van der Waals surface area contributed by atoms with E-state index in [9.17, 15) is 29.4 Å². The molecule has 6 N–H and O–H groups in total. The number of benzene rings is 2. The summed E-state index contributed by atoms with van der Waals surface area (Å²) in [5, 5.41) is 24.5. The van der Waals surface area contributed by atoms with Crippen molar-refractivity contribution >= 4 is 36.3 Å². The van der Waals surface area contributed by atoms with E-state index in [2.05, 4.69) is 23.3 Å². The fourth-order valence-corrected chi connectivity index (χ4v) is 4.42. The summed E-state index contributed by atoms with van der Waals surface area (Å²) >= 11 is 4.04. The maximum atomic E-state index is 13.6. The van der Waals surface area contributed by atoms with Gasteiger partial charge in [-0.2, -0.15) is 12.6 Å². The van der Waals surface area contributed by atoms with Crippen LogP contribution in [0.4, 0.5) is 0 Å². The lowest BCUT2D eigenvalue weighted by molar-refractivity contribution is -0.144. The van der Waals surface area contributed by atoms with Crippen molar-refractivity contribution in [2.24, 2.45) is 5.73 Å². The Morgan fingerprint density at radius 2 is 1.59 bits per heavy atom. The van der Waals surface area contributed by atoms with Crippen molar-refractivity contribution in [3.05, 3.63) is 65.7 Å². The lowest BCUT2D eigenvalue weighted by Crippen LogP contribution is -2.57. The second-order valence-corrected chi connectivity index (χ2v) is 9.36. The minimum absolute atomic E-state index is 0.0625. The van der Waals surface area contributed by atoms with E-state index in [4.69, 9.17) is 5.73 Å². The molecular weight excluding hydrogens is 496 g/mol. The fourth-order valence-electron chi connectivity index (χ4n) is 4.25. The van der Waals surface area contributed by atoms with Gasteiger partial charge in [0.05, 0.1) is 6.04 Å². The molecule has 37 heavy (non-hydrogen) atoms. The minimum Gasteiger partial charge on any atom is -0.508 e. The van der Waals surface area contributed by atoms with E-state index in [0.29, 0.717) is 18.4 Å². The molecule has 1 aliphatic rings. The van der Waals surface area contributed by atoms with Crippen LogP contribution in [0.2, 0.25) is 0 Å². The lowest BCUT2D eigenvalue weighted by Gasteiger charge is -2.30. The highest BCUT2D eigenvalue weighted by Crippen LogP contribution is 2.21. The quantitative estimate of drug-likeness (QED) is 0.231. The van der Waals surface area contributed by atoms with Crippen molar-refractivity contribution in [2.75, 3.05) is 12.3 Å². The number of phenols is 1. The summed E-state index contributed by atoms with van der Waals surface area (Å²) in [6.45, 7) is 0.286. The Bertz CT molecular complexity index is 1100. The molecule has 0 bridgehead atoms. The number of carbonyl (C=O) groups excluding carboxylic acids is 3. The average molecular weight is 529 g/mol. The SMILES string of the molecule is NC(CS)C(=O)NC(Cc1ccc(O)cc1)C(=O)N1CCCC1C(=O)NC(Cc1ccccc1)C(=O)O. The number of thiol groups is 1. The van der Waals surface area contributed by atoms with Gasteiger partial charge in [0.15, 0.2) is 0 Å². The van der Waals surface area contributed by atoms with Gasteiger partial charge in [-0.3, -0.25) is 14.4 Å². The van der Waals surface area contributed by atoms with E-state index in [0.717, 1.165) is 5.56 Å². The lowest BCUT2D eigenvalue weighted by atomic mass is 10.0. The van der Waals surface area contributed by atoms with E-state index < -0.39 is 47.9 Å². The molecule has 10 nitrogen and oxygen atoms in total. The third kappa shape index (κ3) is 7.70. The zero-order valence-electron chi connectivity index (χ0n) is 20.2. The first-order valence-corrected chi connectivity index (χ1v) is 12.6. The van der Waals surface area contributed by atoms with Gasteiger partial charge in [-0.15, -0.1) is 0 Å². The van der Waals surface area contributed by atoms with Gasteiger partial charge in [-0.25, -0.2) is 4.79 Å². The third-order valence-corrected chi connectivity index (χ3v) is 6.65. The summed E-state index contributed by atoms with van der Waals surface area (Å²) in [5.74, 6) is -2.62. The molecule has 0 radical (unpaired) electrons. The van der Waals surface area contributed by atoms with Crippen LogP contribution < -0.4 is 16.4 Å². The van der Waals surface area contributed by atoms with Crippen molar-refractivity contribution in [2.45, 2.75) is 49.9 Å². The van der Waals surface area contributed by atoms with Gasteiger partial charge in [0.25, 0.3) is 0 Å². The van der Waals surface area contributed by atoms with Crippen molar-refractivity contribution in [1.82, 2.24) is 15.5 Å². The molecule has 4 unspecified atom stereocenters. The molecule has 11 heteroatoms.